The molecule has 0 heterocycles. The van der Waals surface area contributed by atoms with Gasteiger partial charge in [0.05, 0.1) is 7.11 Å². The fourth-order valence-corrected chi connectivity index (χ4v) is 1.35. The summed E-state index contributed by atoms with van der Waals surface area (Å²) in [5.74, 6) is 0.846. The minimum absolute atomic E-state index is 0.0412. The van der Waals surface area contributed by atoms with E-state index in [1.807, 2.05) is 18.2 Å². The zero-order chi connectivity index (χ0) is 12.0. The lowest BCUT2D eigenvalue weighted by atomic mass is 9.99. The average Bonchev–Trinajstić information content (AvgIpc) is 2.35. The van der Waals surface area contributed by atoms with Crippen molar-refractivity contribution in [3.8, 4) is 5.75 Å². The fourth-order valence-electron chi connectivity index (χ4n) is 1.35. The molecule has 0 amide bonds. The minimum Gasteiger partial charge on any atom is -0.482 e. The van der Waals surface area contributed by atoms with Crippen molar-refractivity contribution in [1.29, 1.82) is 0 Å². The molecule has 0 radical (unpaired) electrons. The Morgan fingerprint density at radius 1 is 1.44 bits per heavy atom. The summed E-state index contributed by atoms with van der Waals surface area (Å²) in [7, 11) is 1.35. The summed E-state index contributed by atoms with van der Waals surface area (Å²) in [5.41, 5.74) is 1.23. The molecule has 1 aromatic rings. The van der Waals surface area contributed by atoms with E-state index in [1.165, 1.54) is 12.7 Å². The summed E-state index contributed by atoms with van der Waals surface area (Å²) in [6.45, 7) is 4.27. The van der Waals surface area contributed by atoms with Gasteiger partial charge in [-0.2, -0.15) is 0 Å². The van der Waals surface area contributed by atoms with E-state index >= 15 is 0 Å². The molecule has 0 saturated carbocycles. The molecule has 1 aromatic carbocycles. The Hall–Kier alpha value is -1.51. The maximum Gasteiger partial charge on any atom is 0.343 e. The predicted octanol–water partition coefficient (Wildman–Crippen LogP) is 2.75. The number of benzene rings is 1. The van der Waals surface area contributed by atoms with Crippen molar-refractivity contribution in [3.63, 3.8) is 0 Å². The van der Waals surface area contributed by atoms with E-state index in [-0.39, 0.29) is 12.6 Å². The largest absolute Gasteiger partial charge is 0.482 e. The number of rotatable bonds is 5. The van der Waals surface area contributed by atoms with Crippen LogP contribution in [0.25, 0.3) is 0 Å². The fraction of sp³-hybridized carbons (Fsp3) is 0.462. The van der Waals surface area contributed by atoms with Gasteiger partial charge < -0.3 is 9.47 Å². The number of carbonyl (C=O) groups excluding carboxylic acids is 1. The second-order valence-electron chi connectivity index (χ2n) is 3.75. The highest BCUT2D eigenvalue weighted by Gasteiger charge is 2.05. The molecule has 1 unspecified atom stereocenters. The second kappa shape index (κ2) is 6.16. The zero-order valence-corrected chi connectivity index (χ0v) is 10.0. The van der Waals surface area contributed by atoms with Crippen LogP contribution >= 0.6 is 0 Å². The van der Waals surface area contributed by atoms with Crippen LogP contribution in [0.3, 0.4) is 0 Å². The highest BCUT2D eigenvalue weighted by Crippen LogP contribution is 2.22. The van der Waals surface area contributed by atoms with E-state index in [2.05, 4.69) is 24.7 Å². The number of ether oxygens (including phenoxy) is 2. The van der Waals surface area contributed by atoms with Crippen molar-refractivity contribution in [1.82, 2.24) is 0 Å². The van der Waals surface area contributed by atoms with Crippen molar-refractivity contribution in [2.75, 3.05) is 13.7 Å². The molecule has 0 aromatic heterocycles. The first-order chi connectivity index (χ1) is 7.67. The molecule has 0 aliphatic rings. The number of methoxy groups -OCH3 is 1. The van der Waals surface area contributed by atoms with Crippen LogP contribution in [-0.4, -0.2) is 19.7 Å². The summed E-state index contributed by atoms with van der Waals surface area (Å²) in [6, 6.07) is 7.82. The van der Waals surface area contributed by atoms with E-state index < -0.39 is 0 Å². The van der Waals surface area contributed by atoms with Gasteiger partial charge in [0.2, 0.25) is 0 Å². The van der Waals surface area contributed by atoms with Crippen LogP contribution in [0.15, 0.2) is 24.3 Å². The maximum atomic E-state index is 10.9. The third-order valence-electron chi connectivity index (χ3n) is 2.62. The molecule has 0 aliphatic heterocycles. The predicted molar refractivity (Wildman–Crippen MR) is 62.7 cm³/mol. The minimum atomic E-state index is -0.367. The highest BCUT2D eigenvalue weighted by atomic mass is 16.6. The van der Waals surface area contributed by atoms with Gasteiger partial charge in [0.15, 0.2) is 6.61 Å². The van der Waals surface area contributed by atoms with E-state index in [4.69, 9.17) is 4.74 Å². The lowest BCUT2D eigenvalue weighted by Gasteiger charge is -2.11. The van der Waals surface area contributed by atoms with Gasteiger partial charge in [0.1, 0.15) is 5.75 Å². The van der Waals surface area contributed by atoms with Crippen LogP contribution in [0.2, 0.25) is 0 Å². The van der Waals surface area contributed by atoms with E-state index in [0.717, 1.165) is 6.42 Å². The highest BCUT2D eigenvalue weighted by molar-refractivity contribution is 5.70. The molecule has 3 nitrogen and oxygen atoms in total. The van der Waals surface area contributed by atoms with Gasteiger partial charge >= 0.3 is 5.97 Å². The number of hydrogen-bond donors (Lipinski definition) is 0. The second-order valence-corrected chi connectivity index (χ2v) is 3.75. The molecule has 0 spiro atoms. The third-order valence-corrected chi connectivity index (χ3v) is 2.62. The van der Waals surface area contributed by atoms with Crippen molar-refractivity contribution in [3.05, 3.63) is 29.8 Å². The van der Waals surface area contributed by atoms with Gasteiger partial charge in [0.25, 0.3) is 0 Å². The van der Waals surface area contributed by atoms with E-state index in [9.17, 15) is 4.79 Å². The lowest BCUT2D eigenvalue weighted by Crippen LogP contribution is -2.12. The lowest BCUT2D eigenvalue weighted by molar-refractivity contribution is -0.142. The third kappa shape index (κ3) is 3.57. The number of hydrogen-bond acceptors (Lipinski definition) is 3. The first kappa shape index (κ1) is 12.6. The molecule has 1 rings (SSSR count). The Labute approximate surface area is 96.4 Å². The zero-order valence-electron chi connectivity index (χ0n) is 10.0. The quantitative estimate of drug-likeness (QED) is 0.719. The van der Waals surface area contributed by atoms with Gasteiger partial charge in [-0.3, -0.25) is 0 Å². The van der Waals surface area contributed by atoms with Crippen molar-refractivity contribution >= 4 is 5.97 Å². The van der Waals surface area contributed by atoms with Crippen LogP contribution in [-0.2, 0) is 9.53 Å². The van der Waals surface area contributed by atoms with Gasteiger partial charge in [-0.25, -0.2) is 4.79 Å². The van der Waals surface area contributed by atoms with Crippen LogP contribution in [0, 0.1) is 0 Å². The molecule has 3 heteroatoms. The Morgan fingerprint density at radius 3 is 2.81 bits per heavy atom. The molecular formula is C13H18O3. The van der Waals surface area contributed by atoms with Crippen LogP contribution in [0.5, 0.6) is 5.75 Å². The van der Waals surface area contributed by atoms with Gasteiger partial charge in [-0.1, -0.05) is 26.0 Å². The average molecular weight is 222 g/mol. The normalized spacial score (nSPS) is 11.9. The molecule has 0 fully saturated rings. The molecule has 88 valence electrons. The van der Waals surface area contributed by atoms with Crippen molar-refractivity contribution < 1.29 is 14.3 Å². The molecule has 0 N–H and O–H groups in total. The first-order valence-electron chi connectivity index (χ1n) is 5.47. The summed E-state index contributed by atoms with van der Waals surface area (Å²) in [5, 5.41) is 0. The monoisotopic (exact) mass is 222 g/mol. The van der Waals surface area contributed by atoms with Gasteiger partial charge in [0, 0.05) is 0 Å². The van der Waals surface area contributed by atoms with Crippen LogP contribution in [0.4, 0.5) is 0 Å². The smallest absolute Gasteiger partial charge is 0.343 e. The summed E-state index contributed by atoms with van der Waals surface area (Å²) in [6.07, 6.45) is 1.08. The van der Waals surface area contributed by atoms with Gasteiger partial charge in [-0.15, -0.1) is 0 Å². The van der Waals surface area contributed by atoms with Gasteiger partial charge in [-0.05, 0) is 30.0 Å². The summed E-state index contributed by atoms with van der Waals surface area (Å²) < 4.78 is 9.83. The van der Waals surface area contributed by atoms with Crippen LogP contribution in [0.1, 0.15) is 31.7 Å². The Bertz CT molecular complexity index is 347. The van der Waals surface area contributed by atoms with E-state index in [0.29, 0.717) is 11.7 Å². The Balaban J connectivity index is 2.64. The number of carbonyl (C=O) groups is 1. The molecular weight excluding hydrogens is 204 g/mol. The first-order valence-corrected chi connectivity index (χ1v) is 5.47. The number of esters is 1. The van der Waals surface area contributed by atoms with Crippen molar-refractivity contribution in [2.45, 2.75) is 26.2 Å². The van der Waals surface area contributed by atoms with E-state index in [1.54, 1.807) is 0 Å². The molecule has 0 aliphatic carbocycles. The maximum absolute atomic E-state index is 10.9. The molecule has 1 atom stereocenters. The Kier molecular flexibility index (Phi) is 4.83. The summed E-state index contributed by atoms with van der Waals surface area (Å²) >= 11 is 0. The molecule has 16 heavy (non-hydrogen) atoms. The SMILES string of the molecule is CCC(C)c1cccc(OCC(=O)OC)c1. The topological polar surface area (TPSA) is 35.5 Å². The standard InChI is InChI=1S/C13H18O3/c1-4-10(2)11-6-5-7-12(8-11)16-9-13(14)15-3/h5-8,10H,4,9H2,1-3H3. The molecule has 0 bridgehead atoms. The van der Waals surface area contributed by atoms with Crippen LogP contribution < -0.4 is 4.74 Å². The summed E-state index contributed by atoms with van der Waals surface area (Å²) in [4.78, 5) is 10.9. The Morgan fingerprint density at radius 2 is 2.19 bits per heavy atom. The molecule has 0 saturated heterocycles. The van der Waals surface area contributed by atoms with Crippen molar-refractivity contribution in [2.24, 2.45) is 0 Å².